The van der Waals surface area contributed by atoms with Gasteiger partial charge in [-0.15, -0.1) is 0 Å². The first-order valence-corrected chi connectivity index (χ1v) is 12.5. The number of amides is 5. The third-order valence-electron chi connectivity index (χ3n) is 4.88. The summed E-state index contributed by atoms with van der Waals surface area (Å²) >= 11 is 1.41. The third-order valence-corrected chi connectivity index (χ3v) is 5.53. The van der Waals surface area contributed by atoms with Crippen LogP contribution < -0.4 is 38.9 Å². The van der Waals surface area contributed by atoms with Crippen LogP contribution >= 0.6 is 11.8 Å². The molecule has 0 saturated carbocycles. The molecule has 5 amide bonds. The van der Waals surface area contributed by atoms with E-state index < -0.39 is 66.1 Å². The molecule has 0 saturated heterocycles. The van der Waals surface area contributed by atoms with Crippen molar-refractivity contribution in [3.05, 3.63) is 0 Å². The second kappa shape index (κ2) is 17.5. The first-order chi connectivity index (χ1) is 16.4. The number of nitrogens with two attached hydrogens (primary N) is 4. The maximum atomic E-state index is 12.9. The van der Waals surface area contributed by atoms with Gasteiger partial charge in [0.15, 0.2) is 0 Å². The standard InChI is InChI=1S/C20H37N7O7S/c1-35-9-7-13(20(33)34)26-18(31)12(4-2-3-8-21)25-19(32)14(10-16(24)29)27-17(30)11(22)5-6-15(23)28/h11-14H,2-10,21-22H2,1H3,(H2,23,28)(H2,24,29)(H,25,32)(H,26,31)(H,27,30)(H,33,34). The van der Waals surface area contributed by atoms with Crippen LogP contribution in [-0.4, -0.2) is 83.3 Å². The van der Waals surface area contributed by atoms with E-state index in [1.54, 1.807) is 6.26 Å². The zero-order chi connectivity index (χ0) is 27.0. The van der Waals surface area contributed by atoms with Gasteiger partial charge in [-0.3, -0.25) is 24.0 Å². The molecule has 4 unspecified atom stereocenters. The van der Waals surface area contributed by atoms with Gasteiger partial charge in [-0.05, 0) is 50.7 Å². The van der Waals surface area contributed by atoms with Crippen molar-refractivity contribution in [1.82, 2.24) is 16.0 Å². The summed E-state index contributed by atoms with van der Waals surface area (Å²) in [6, 6.07) is -4.94. The van der Waals surface area contributed by atoms with Crippen molar-refractivity contribution in [2.45, 2.75) is 69.1 Å². The molecule has 0 aliphatic rings. The van der Waals surface area contributed by atoms with Crippen LogP contribution in [0, 0.1) is 0 Å². The van der Waals surface area contributed by atoms with E-state index in [9.17, 15) is 33.9 Å². The number of hydrogen-bond donors (Lipinski definition) is 8. The van der Waals surface area contributed by atoms with E-state index in [1.165, 1.54) is 11.8 Å². The minimum atomic E-state index is -1.45. The van der Waals surface area contributed by atoms with E-state index in [4.69, 9.17) is 22.9 Å². The Balaban J connectivity index is 5.48. The van der Waals surface area contributed by atoms with Gasteiger partial charge in [-0.1, -0.05) is 0 Å². The fourth-order valence-corrected chi connectivity index (χ4v) is 3.39. The van der Waals surface area contributed by atoms with Crippen LogP contribution in [0.15, 0.2) is 0 Å². The van der Waals surface area contributed by atoms with Crippen molar-refractivity contribution in [2.75, 3.05) is 18.6 Å². The van der Waals surface area contributed by atoms with Gasteiger partial charge in [0.25, 0.3) is 0 Å². The SMILES string of the molecule is CSCCC(NC(=O)C(CCCCN)NC(=O)C(CC(N)=O)NC(=O)C(N)CCC(N)=O)C(=O)O. The first kappa shape index (κ1) is 32.1. The number of carboxylic acids is 1. The molecule has 4 atom stereocenters. The maximum absolute atomic E-state index is 12.9. The summed E-state index contributed by atoms with van der Waals surface area (Å²) in [4.78, 5) is 71.9. The lowest BCUT2D eigenvalue weighted by Gasteiger charge is -2.25. The summed E-state index contributed by atoms with van der Waals surface area (Å²) in [5.41, 5.74) is 21.4. The summed E-state index contributed by atoms with van der Waals surface area (Å²) in [5.74, 6) is -4.73. The van der Waals surface area contributed by atoms with Crippen molar-refractivity contribution in [2.24, 2.45) is 22.9 Å². The number of carbonyl (C=O) groups excluding carboxylic acids is 5. The van der Waals surface area contributed by atoms with Crippen LogP contribution in [-0.2, 0) is 28.8 Å². The Bertz CT molecular complexity index is 753. The van der Waals surface area contributed by atoms with Gasteiger partial charge in [0.1, 0.15) is 18.1 Å². The Hall–Kier alpha value is -2.91. The smallest absolute Gasteiger partial charge is 0.326 e. The molecule has 0 rings (SSSR count). The summed E-state index contributed by atoms with van der Waals surface area (Å²) in [7, 11) is 0. The molecule has 0 bridgehead atoms. The van der Waals surface area contributed by atoms with E-state index in [0.717, 1.165) is 0 Å². The lowest BCUT2D eigenvalue weighted by atomic mass is 10.1. The molecule has 0 aromatic rings. The van der Waals surface area contributed by atoms with Gasteiger partial charge in [-0.25, -0.2) is 4.79 Å². The van der Waals surface area contributed by atoms with Crippen LogP contribution in [0.2, 0.25) is 0 Å². The fraction of sp³-hybridized carbons (Fsp3) is 0.700. The van der Waals surface area contributed by atoms with Crippen molar-refractivity contribution >= 4 is 47.3 Å². The van der Waals surface area contributed by atoms with Crippen molar-refractivity contribution in [3.63, 3.8) is 0 Å². The number of thioether (sulfide) groups is 1. The summed E-state index contributed by atoms with van der Waals surface area (Å²) < 4.78 is 0. The number of nitrogens with one attached hydrogen (secondary N) is 3. The predicted molar refractivity (Wildman–Crippen MR) is 130 cm³/mol. The molecular formula is C20H37N7O7S. The Labute approximate surface area is 208 Å². The molecule has 0 aromatic heterocycles. The molecule has 0 spiro atoms. The quantitative estimate of drug-likeness (QED) is 0.0795. The Kier molecular flexibility index (Phi) is 16.1. The Morgan fingerprint density at radius 1 is 0.800 bits per heavy atom. The van der Waals surface area contributed by atoms with Gasteiger partial charge in [0.2, 0.25) is 29.5 Å². The molecule has 12 N–H and O–H groups in total. The lowest BCUT2D eigenvalue weighted by molar-refractivity contribution is -0.142. The zero-order valence-corrected chi connectivity index (χ0v) is 20.6. The van der Waals surface area contributed by atoms with E-state index >= 15 is 0 Å². The van der Waals surface area contributed by atoms with Crippen LogP contribution in [0.4, 0.5) is 0 Å². The molecule has 0 radical (unpaired) electrons. The Morgan fingerprint density at radius 2 is 1.37 bits per heavy atom. The van der Waals surface area contributed by atoms with E-state index in [2.05, 4.69) is 16.0 Å². The highest BCUT2D eigenvalue weighted by atomic mass is 32.2. The molecule has 0 aromatic carbocycles. The van der Waals surface area contributed by atoms with Crippen LogP contribution in [0.3, 0.4) is 0 Å². The van der Waals surface area contributed by atoms with Crippen molar-refractivity contribution in [1.29, 1.82) is 0 Å². The van der Waals surface area contributed by atoms with Crippen LogP contribution in [0.1, 0.15) is 44.9 Å². The molecule has 200 valence electrons. The minimum absolute atomic E-state index is 0.0805. The van der Waals surface area contributed by atoms with Gasteiger partial charge < -0.3 is 44.0 Å². The average molecular weight is 520 g/mol. The zero-order valence-electron chi connectivity index (χ0n) is 19.8. The van der Waals surface area contributed by atoms with Crippen LogP contribution in [0.25, 0.3) is 0 Å². The predicted octanol–water partition coefficient (Wildman–Crippen LogP) is -3.12. The molecule has 0 aliphatic heterocycles. The number of rotatable bonds is 19. The highest BCUT2D eigenvalue weighted by molar-refractivity contribution is 7.98. The van der Waals surface area contributed by atoms with Gasteiger partial charge in [-0.2, -0.15) is 11.8 Å². The van der Waals surface area contributed by atoms with Crippen molar-refractivity contribution in [3.8, 4) is 0 Å². The highest BCUT2D eigenvalue weighted by Gasteiger charge is 2.30. The number of hydrogen-bond acceptors (Lipinski definition) is 9. The summed E-state index contributed by atoms with van der Waals surface area (Å²) in [5, 5.41) is 16.5. The molecule has 0 fully saturated rings. The molecular weight excluding hydrogens is 482 g/mol. The summed E-state index contributed by atoms with van der Waals surface area (Å²) in [6.07, 6.45) is 2.28. The highest BCUT2D eigenvalue weighted by Crippen LogP contribution is 2.06. The van der Waals surface area contributed by atoms with Gasteiger partial charge in [0, 0.05) is 6.42 Å². The first-order valence-electron chi connectivity index (χ1n) is 11.1. The molecule has 0 aliphatic carbocycles. The monoisotopic (exact) mass is 519 g/mol. The summed E-state index contributed by atoms with van der Waals surface area (Å²) in [6.45, 7) is 0.345. The van der Waals surface area contributed by atoms with Crippen molar-refractivity contribution < 1.29 is 33.9 Å². The average Bonchev–Trinajstić information content (AvgIpc) is 2.78. The fourth-order valence-electron chi connectivity index (χ4n) is 2.92. The topological polar surface area (TPSA) is 263 Å². The normalized spacial score (nSPS) is 14.1. The lowest BCUT2D eigenvalue weighted by Crippen LogP contribution is -2.57. The van der Waals surface area contributed by atoms with E-state index in [1.807, 2.05) is 0 Å². The van der Waals surface area contributed by atoms with E-state index in [0.29, 0.717) is 25.1 Å². The van der Waals surface area contributed by atoms with Gasteiger partial charge in [0.05, 0.1) is 12.5 Å². The number of unbranched alkanes of at least 4 members (excludes halogenated alkanes) is 1. The van der Waals surface area contributed by atoms with Crippen LogP contribution in [0.5, 0.6) is 0 Å². The minimum Gasteiger partial charge on any atom is -0.480 e. The molecule has 14 nitrogen and oxygen atoms in total. The third kappa shape index (κ3) is 14.2. The number of carbonyl (C=O) groups is 6. The molecule has 35 heavy (non-hydrogen) atoms. The maximum Gasteiger partial charge on any atom is 0.326 e. The van der Waals surface area contributed by atoms with E-state index in [-0.39, 0.29) is 25.7 Å². The largest absolute Gasteiger partial charge is 0.480 e. The number of aliphatic carboxylic acids is 1. The molecule has 15 heteroatoms. The molecule has 0 heterocycles. The second-order valence-electron chi connectivity index (χ2n) is 7.87. The van der Waals surface area contributed by atoms with Gasteiger partial charge >= 0.3 is 5.97 Å². The number of primary amides is 2. The Morgan fingerprint density at radius 3 is 1.89 bits per heavy atom. The second-order valence-corrected chi connectivity index (χ2v) is 8.86. The number of carboxylic acid groups (broad SMARTS) is 1.